The minimum Gasteiger partial charge on any atom is -0.309 e. The fourth-order valence-corrected chi connectivity index (χ4v) is 2.52. The largest absolute Gasteiger partial charge is 0.309 e. The third kappa shape index (κ3) is 2.21. The molecule has 2 aromatic rings. The van der Waals surface area contributed by atoms with Crippen LogP contribution in [0.3, 0.4) is 0 Å². The molecule has 0 aliphatic carbocycles. The van der Waals surface area contributed by atoms with Gasteiger partial charge in [-0.3, -0.25) is 10.2 Å². The van der Waals surface area contributed by atoms with E-state index in [1.54, 1.807) is 41.5 Å². The number of carbonyl (C=O) groups excluding carboxylic acids is 1. The van der Waals surface area contributed by atoms with Gasteiger partial charge in [0.15, 0.2) is 0 Å². The number of hydrazine groups is 1. The summed E-state index contributed by atoms with van der Waals surface area (Å²) in [5.74, 6) is -0.0287. The van der Waals surface area contributed by atoms with Gasteiger partial charge in [-0.25, -0.2) is 9.99 Å². The average molecular weight is 289 g/mol. The Labute approximate surface area is 121 Å². The number of nitrogens with one attached hydrogen (secondary N) is 1. The number of hydrogen-bond acceptors (Lipinski definition) is 4. The van der Waals surface area contributed by atoms with Gasteiger partial charge in [0.2, 0.25) is 5.91 Å². The lowest BCUT2D eigenvalue weighted by molar-refractivity contribution is -0.120. The first-order valence-electron chi connectivity index (χ1n) is 6.18. The lowest BCUT2D eigenvalue weighted by Crippen LogP contribution is -2.44. The lowest BCUT2D eigenvalue weighted by atomic mass is 9.97. The van der Waals surface area contributed by atoms with Crippen molar-refractivity contribution in [1.29, 1.82) is 0 Å². The molecule has 1 aromatic heterocycles. The summed E-state index contributed by atoms with van der Waals surface area (Å²) in [5, 5.41) is 2.16. The number of nitrogens with two attached hydrogens (primary N) is 1. The number of benzene rings is 1. The first-order valence-corrected chi connectivity index (χ1v) is 6.56. The first kappa shape index (κ1) is 12.9. The predicted octanol–water partition coefficient (Wildman–Crippen LogP) is 1.65. The third-order valence-corrected chi connectivity index (χ3v) is 3.49. The Bertz CT molecular complexity index is 634. The van der Waals surface area contributed by atoms with Crippen LogP contribution in [0.5, 0.6) is 0 Å². The number of amides is 1. The second-order valence-electron chi connectivity index (χ2n) is 4.56. The van der Waals surface area contributed by atoms with Gasteiger partial charge in [0.1, 0.15) is 17.9 Å². The van der Waals surface area contributed by atoms with E-state index in [2.05, 4.69) is 10.4 Å². The standard InChI is InChI=1S/C14H13ClN4O/c15-10-5-3-4-9(8-10)12-13(16)19(18-14(12)20)11-6-1-2-7-17-11/h1-8,12-13H,16H2,(H,18,20). The molecule has 1 amide bonds. The summed E-state index contributed by atoms with van der Waals surface area (Å²) < 4.78 is 0. The summed E-state index contributed by atoms with van der Waals surface area (Å²) in [5.41, 5.74) is 9.73. The quantitative estimate of drug-likeness (QED) is 0.881. The van der Waals surface area contributed by atoms with Crippen molar-refractivity contribution in [3.05, 3.63) is 59.2 Å². The van der Waals surface area contributed by atoms with Gasteiger partial charge in [-0.1, -0.05) is 29.8 Å². The first-order chi connectivity index (χ1) is 9.66. The minimum absolute atomic E-state index is 0.162. The molecule has 1 fully saturated rings. The van der Waals surface area contributed by atoms with E-state index in [0.29, 0.717) is 10.8 Å². The highest BCUT2D eigenvalue weighted by Crippen LogP contribution is 2.29. The molecule has 6 heteroatoms. The number of halogens is 1. The molecule has 0 saturated carbocycles. The molecule has 20 heavy (non-hydrogen) atoms. The van der Waals surface area contributed by atoms with Crippen molar-refractivity contribution in [3.8, 4) is 0 Å². The van der Waals surface area contributed by atoms with Crippen LogP contribution in [-0.2, 0) is 4.79 Å². The molecule has 0 spiro atoms. The molecule has 1 aliphatic heterocycles. The van der Waals surface area contributed by atoms with E-state index in [-0.39, 0.29) is 5.91 Å². The van der Waals surface area contributed by atoms with Crippen LogP contribution in [0.15, 0.2) is 48.7 Å². The van der Waals surface area contributed by atoms with Crippen molar-refractivity contribution in [2.75, 3.05) is 5.01 Å². The second-order valence-corrected chi connectivity index (χ2v) is 4.99. The SMILES string of the molecule is NC1C(c2cccc(Cl)c2)C(=O)NN1c1ccccn1. The summed E-state index contributed by atoms with van der Waals surface area (Å²) in [6.07, 6.45) is 1.12. The molecule has 3 rings (SSSR count). The molecule has 2 atom stereocenters. The Kier molecular flexibility index (Phi) is 3.30. The van der Waals surface area contributed by atoms with Crippen molar-refractivity contribution < 1.29 is 4.79 Å². The van der Waals surface area contributed by atoms with Gasteiger partial charge in [-0.05, 0) is 29.8 Å². The van der Waals surface area contributed by atoms with Crippen LogP contribution in [0.1, 0.15) is 11.5 Å². The number of nitrogens with zero attached hydrogens (tertiary/aromatic N) is 2. The number of pyridine rings is 1. The summed E-state index contributed by atoms with van der Waals surface area (Å²) in [7, 11) is 0. The van der Waals surface area contributed by atoms with E-state index in [1.807, 2.05) is 12.1 Å². The Morgan fingerprint density at radius 2 is 2.10 bits per heavy atom. The number of anilines is 1. The maximum absolute atomic E-state index is 12.2. The van der Waals surface area contributed by atoms with Crippen molar-refractivity contribution in [2.45, 2.75) is 12.1 Å². The molecular formula is C14H13ClN4O. The minimum atomic E-state index is -0.532. The fourth-order valence-electron chi connectivity index (χ4n) is 2.32. The smallest absolute Gasteiger partial charge is 0.249 e. The van der Waals surface area contributed by atoms with E-state index in [0.717, 1.165) is 5.56 Å². The van der Waals surface area contributed by atoms with E-state index in [1.165, 1.54) is 0 Å². The molecule has 1 aliphatic rings. The van der Waals surface area contributed by atoms with E-state index >= 15 is 0 Å². The molecule has 3 N–H and O–H groups in total. The maximum atomic E-state index is 12.2. The molecule has 2 heterocycles. The number of carbonyl (C=O) groups is 1. The van der Waals surface area contributed by atoms with Gasteiger partial charge >= 0.3 is 0 Å². The molecule has 0 radical (unpaired) electrons. The maximum Gasteiger partial charge on any atom is 0.249 e. The van der Waals surface area contributed by atoms with Crippen molar-refractivity contribution >= 4 is 23.3 Å². The van der Waals surface area contributed by atoms with Crippen LogP contribution in [0.25, 0.3) is 0 Å². The van der Waals surface area contributed by atoms with Crippen LogP contribution in [-0.4, -0.2) is 17.1 Å². The Balaban J connectivity index is 1.93. The van der Waals surface area contributed by atoms with Gasteiger partial charge in [0, 0.05) is 11.2 Å². The van der Waals surface area contributed by atoms with Gasteiger partial charge in [-0.2, -0.15) is 0 Å². The van der Waals surface area contributed by atoms with E-state index in [9.17, 15) is 4.79 Å². The van der Waals surface area contributed by atoms with Crippen LogP contribution < -0.4 is 16.2 Å². The van der Waals surface area contributed by atoms with Crippen molar-refractivity contribution in [3.63, 3.8) is 0 Å². The zero-order chi connectivity index (χ0) is 14.1. The summed E-state index contributed by atoms with van der Waals surface area (Å²) in [6, 6.07) is 12.6. The van der Waals surface area contributed by atoms with Crippen LogP contribution in [0.4, 0.5) is 5.82 Å². The lowest BCUT2D eigenvalue weighted by Gasteiger charge is -2.22. The number of aromatic nitrogens is 1. The molecule has 5 nitrogen and oxygen atoms in total. The van der Waals surface area contributed by atoms with Crippen molar-refractivity contribution in [2.24, 2.45) is 5.73 Å². The molecule has 102 valence electrons. The molecule has 1 saturated heterocycles. The van der Waals surface area contributed by atoms with E-state index in [4.69, 9.17) is 17.3 Å². The Morgan fingerprint density at radius 3 is 2.80 bits per heavy atom. The highest BCUT2D eigenvalue weighted by molar-refractivity contribution is 6.30. The number of hydrogen-bond donors (Lipinski definition) is 2. The third-order valence-electron chi connectivity index (χ3n) is 3.26. The fraction of sp³-hybridized carbons (Fsp3) is 0.143. The topological polar surface area (TPSA) is 71.2 Å². The predicted molar refractivity (Wildman–Crippen MR) is 77.0 cm³/mol. The van der Waals surface area contributed by atoms with E-state index < -0.39 is 12.1 Å². The van der Waals surface area contributed by atoms with Crippen LogP contribution in [0.2, 0.25) is 5.02 Å². The highest BCUT2D eigenvalue weighted by atomic mass is 35.5. The Hall–Kier alpha value is -2.11. The Morgan fingerprint density at radius 1 is 1.25 bits per heavy atom. The molecule has 1 aromatic carbocycles. The van der Waals surface area contributed by atoms with Gasteiger partial charge in [0.25, 0.3) is 0 Å². The molecule has 0 bridgehead atoms. The zero-order valence-corrected chi connectivity index (χ0v) is 11.3. The summed E-state index contributed by atoms with van der Waals surface area (Å²) in [4.78, 5) is 16.4. The second kappa shape index (κ2) is 5.11. The summed E-state index contributed by atoms with van der Waals surface area (Å²) >= 11 is 5.97. The van der Waals surface area contributed by atoms with Gasteiger partial charge in [-0.15, -0.1) is 0 Å². The van der Waals surface area contributed by atoms with Gasteiger partial charge in [0.05, 0.1) is 0 Å². The highest BCUT2D eigenvalue weighted by Gasteiger charge is 2.40. The number of rotatable bonds is 2. The zero-order valence-electron chi connectivity index (χ0n) is 10.5. The van der Waals surface area contributed by atoms with Crippen LogP contribution in [0, 0.1) is 0 Å². The molecular weight excluding hydrogens is 276 g/mol. The molecule has 2 unspecified atom stereocenters. The monoisotopic (exact) mass is 288 g/mol. The van der Waals surface area contributed by atoms with Crippen molar-refractivity contribution in [1.82, 2.24) is 10.4 Å². The summed E-state index contributed by atoms with van der Waals surface area (Å²) in [6.45, 7) is 0. The van der Waals surface area contributed by atoms with Crippen LogP contribution >= 0.6 is 11.6 Å². The normalized spacial score (nSPS) is 21.9. The van der Waals surface area contributed by atoms with Gasteiger partial charge < -0.3 is 5.73 Å². The average Bonchev–Trinajstić information content (AvgIpc) is 2.75.